The number of H-pyrrole nitrogens is 1. The molecule has 0 bridgehead atoms. The Kier molecular flexibility index (Phi) is 5.30. The summed E-state index contributed by atoms with van der Waals surface area (Å²) in [7, 11) is 0. The molecule has 1 atom stereocenters. The Balaban J connectivity index is 1.71. The quantitative estimate of drug-likeness (QED) is 0.919. The zero-order chi connectivity index (χ0) is 16.9. The molecule has 5 nitrogen and oxygen atoms in total. The lowest BCUT2D eigenvalue weighted by atomic mass is 10.1. The van der Waals surface area contributed by atoms with Gasteiger partial charge in [-0.05, 0) is 18.9 Å². The van der Waals surface area contributed by atoms with Crippen molar-refractivity contribution in [3.8, 4) is 0 Å². The minimum atomic E-state index is 0.254. The standard InChI is InChI=1S/C19H26N4O/c1-3-18-14-22(13-17-11-20-15(2)21-17)10-9-19(24)23(18)12-16-7-5-4-6-8-16/h4-8,11,18H,3,9-10,12-14H2,1-2H3,(H,20,21)/t18-/m0/s1. The van der Waals surface area contributed by atoms with Crippen LogP contribution in [0.1, 0.15) is 36.8 Å². The summed E-state index contributed by atoms with van der Waals surface area (Å²) in [6.45, 7) is 7.37. The van der Waals surface area contributed by atoms with E-state index in [9.17, 15) is 4.79 Å². The maximum absolute atomic E-state index is 12.7. The molecule has 1 fully saturated rings. The van der Waals surface area contributed by atoms with E-state index < -0.39 is 0 Å². The highest BCUT2D eigenvalue weighted by atomic mass is 16.2. The van der Waals surface area contributed by atoms with Crippen LogP contribution in [0.15, 0.2) is 36.5 Å². The number of imidazole rings is 1. The van der Waals surface area contributed by atoms with Crippen molar-refractivity contribution < 1.29 is 4.79 Å². The number of hydrogen-bond acceptors (Lipinski definition) is 3. The van der Waals surface area contributed by atoms with Gasteiger partial charge in [-0.15, -0.1) is 0 Å². The molecule has 1 saturated heterocycles. The summed E-state index contributed by atoms with van der Waals surface area (Å²) < 4.78 is 0. The molecule has 128 valence electrons. The zero-order valence-electron chi connectivity index (χ0n) is 14.5. The van der Waals surface area contributed by atoms with Crippen molar-refractivity contribution in [2.24, 2.45) is 0 Å². The van der Waals surface area contributed by atoms with Crippen LogP contribution in [-0.2, 0) is 17.9 Å². The minimum absolute atomic E-state index is 0.254. The molecule has 1 aliphatic rings. The first-order valence-corrected chi connectivity index (χ1v) is 8.72. The van der Waals surface area contributed by atoms with Crippen LogP contribution in [0.3, 0.4) is 0 Å². The molecule has 1 N–H and O–H groups in total. The van der Waals surface area contributed by atoms with Crippen molar-refractivity contribution in [3.05, 3.63) is 53.6 Å². The van der Waals surface area contributed by atoms with E-state index in [1.165, 1.54) is 5.56 Å². The van der Waals surface area contributed by atoms with E-state index in [0.717, 1.165) is 37.6 Å². The van der Waals surface area contributed by atoms with Gasteiger partial charge in [0.1, 0.15) is 5.82 Å². The Morgan fingerprint density at radius 3 is 2.71 bits per heavy atom. The van der Waals surface area contributed by atoms with E-state index in [1.807, 2.05) is 31.3 Å². The van der Waals surface area contributed by atoms with Crippen LogP contribution in [0.25, 0.3) is 0 Å². The Hall–Kier alpha value is -2.14. The molecule has 1 aliphatic heterocycles. The molecule has 5 heteroatoms. The zero-order valence-corrected chi connectivity index (χ0v) is 14.5. The fraction of sp³-hybridized carbons (Fsp3) is 0.474. The average molecular weight is 326 g/mol. The molecule has 0 radical (unpaired) electrons. The molecule has 1 aromatic heterocycles. The summed E-state index contributed by atoms with van der Waals surface area (Å²) >= 11 is 0. The molecule has 0 unspecified atom stereocenters. The highest BCUT2D eigenvalue weighted by molar-refractivity contribution is 5.77. The molecule has 2 aromatic rings. The Morgan fingerprint density at radius 2 is 2.04 bits per heavy atom. The third-order valence-electron chi connectivity index (χ3n) is 4.69. The number of aryl methyl sites for hydroxylation is 1. The second-order valence-corrected chi connectivity index (χ2v) is 6.55. The molecule has 1 aromatic carbocycles. The summed E-state index contributed by atoms with van der Waals surface area (Å²) in [5, 5.41) is 0. The monoisotopic (exact) mass is 326 g/mol. The smallest absolute Gasteiger partial charge is 0.224 e. The van der Waals surface area contributed by atoms with Crippen LogP contribution in [0.5, 0.6) is 0 Å². The largest absolute Gasteiger partial charge is 0.345 e. The lowest BCUT2D eigenvalue weighted by Gasteiger charge is -2.31. The van der Waals surface area contributed by atoms with E-state index in [-0.39, 0.29) is 11.9 Å². The second kappa shape index (κ2) is 7.62. The number of hydrogen-bond donors (Lipinski definition) is 1. The molecule has 0 spiro atoms. The van der Waals surface area contributed by atoms with E-state index in [2.05, 4.69) is 38.8 Å². The molecular formula is C19H26N4O. The topological polar surface area (TPSA) is 52.2 Å². The summed E-state index contributed by atoms with van der Waals surface area (Å²) in [6, 6.07) is 10.5. The Morgan fingerprint density at radius 1 is 1.25 bits per heavy atom. The van der Waals surface area contributed by atoms with Crippen molar-refractivity contribution in [1.82, 2.24) is 19.8 Å². The second-order valence-electron chi connectivity index (χ2n) is 6.55. The van der Waals surface area contributed by atoms with Gasteiger partial charge < -0.3 is 9.88 Å². The predicted molar refractivity (Wildman–Crippen MR) is 94.3 cm³/mol. The van der Waals surface area contributed by atoms with Gasteiger partial charge in [0.2, 0.25) is 5.91 Å². The van der Waals surface area contributed by atoms with E-state index in [4.69, 9.17) is 0 Å². The van der Waals surface area contributed by atoms with Crippen LogP contribution < -0.4 is 0 Å². The number of aromatic nitrogens is 2. The van der Waals surface area contributed by atoms with Gasteiger partial charge in [-0.1, -0.05) is 37.3 Å². The van der Waals surface area contributed by atoms with Gasteiger partial charge in [0.05, 0.1) is 0 Å². The van der Waals surface area contributed by atoms with Crippen molar-refractivity contribution in [1.29, 1.82) is 0 Å². The van der Waals surface area contributed by atoms with Gasteiger partial charge in [0.25, 0.3) is 0 Å². The van der Waals surface area contributed by atoms with Crippen LogP contribution >= 0.6 is 0 Å². The first kappa shape index (κ1) is 16.7. The van der Waals surface area contributed by atoms with Gasteiger partial charge in [-0.3, -0.25) is 9.69 Å². The van der Waals surface area contributed by atoms with Crippen molar-refractivity contribution >= 4 is 5.91 Å². The average Bonchev–Trinajstić information content (AvgIpc) is 2.94. The predicted octanol–water partition coefficient (Wildman–Crippen LogP) is 2.73. The molecular weight excluding hydrogens is 300 g/mol. The number of carbonyl (C=O) groups is 1. The summed E-state index contributed by atoms with van der Waals surface area (Å²) in [5.74, 6) is 1.20. The third-order valence-corrected chi connectivity index (χ3v) is 4.69. The van der Waals surface area contributed by atoms with E-state index in [1.54, 1.807) is 0 Å². The molecule has 1 amide bonds. The number of benzene rings is 1. The number of amides is 1. The highest BCUT2D eigenvalue weighted by Crippen LogP contribution is 2.19. The normalized spacial score (nSPS) is 19.5. The van der Waals surface area contributed by atoms with Gasteiger partial charge in [-0.2, -0.15) is 0 Å². The molecule has 0 aliphatic carbocycles. The summed E-state index contributed by atoms with van der Waals surface area (Å²) in [4.78, 5) is 24.7. The maximum atomic E-state index is 12.7. The van der Waals surface area contributed by atoms with Gasteiger partial charge in [-0.25, -0.2) is 4.98 Å². The fourth-order valence-electron chi connectivity index (χ4n) is 3.37. The first-order valence-electron chi connectivity index (χ1n) is 8.72. The van der Waals surface area contributed by atoms with Gasteiger partial charge >= 0.3 is 0 Å². The van der Waals surface area contributed by atoms with Crippen LogP contribution in [-0.4, -0.2) is 44.8 Å². The summed E-state index contributed by atoms with van der Waals surface area (Å²) in [6.07, 6.45) is 3.44. The van der Waals surface area contributed by atoms with Gasteiger partial charge in [0, 0.05) is 50.5 Å². The van der Waals surface area contributed by atoms with Crippen molar-refractivity contribution in [3.63, 3.8) is 0 Å². The first-order chi connectivity index (χ1) is 11.7. The lowest BCUT2D eigenvalue weighted by Crippen LogP contribution is -2.42. The lowest BCUT2D eigenvalue weighted by molar-refractivity contribution is -0.133. The maximum Gasteiger partial charge on any atom is 0.224 e. The number of rotatable bonds is 5. The fourth-order valence-corrected chi connectivity index (χ4v) is 3.37. The molecule has 3 rings (SSSR count). The number of carbonyl (C=O) groups excluding carboxylic acids is 1. The van der Waals surface area contributed by atoms with Crippen LogP contribution in [0.4, 0.5) is 0 Å². The number of nitrogens with one attached hydrogen (secondary N) is 1. The SMILES string of the molecule is CC[C@H]1CN(Cc2cnc(C)[nH]2)CCC(=O)N1Cc1ccccc1. The van der Waals surface area contributed by atoms with Crippen LogP contribution in [0, 0.1) is 6.92 Å². The Bertz CT molecular complexity index is 667. The molecule has 0 saturated carbocycles. The van der Waals surface area contributed by atoms with E-state index >= 15 is 0 Å². The van der Waals surface area contributed by atoms with E-state index in [0.29, 0.717) is 13.0 Å². The van der Waals surface area contributed by atoms with Crippen molar-refractivity contribution in [2.75, 3.05) is 13.1 Å². The number of aromatic amines is 1. The van der Waals surface area contributed by atoms with Crippen LogP contribution in [0.2, 0.25) is 0 Å². The highest BCUT2D eigenvalue weighted by Gasteiger charge is 2.28. The molecule has 24 heavy (non-hydrogen) atoms. The summed E-state index contributed by atoms with van der Waals surface area (Å²) in [5.41, 5.74) is 2.31. The number of nitrogens with zero attached hydrogens (tertiary/aromatic N) is 3. The minimum Gasteiger partial charge on any atom is -0.345 e. The Labute approximate surface area is 143 Å². The van der Waals surface area contributed by atoms with Crippen molar-refractivity contribution in [2.45, 2.75) is 45.8 Å². The van der Waals surface area contributed by atoms with Gasteiger partial charge in [0.15, 0.2) is 0 Å². The molecule has 2 heterocycles. The third kappa shape index (κ3) is 4.03.